The molecule has 2 nitrogen and oxygen atoms in total. The fraction of sp³-hybridized carbons (Fsp3) is 0.571. The Bertz CT molecular complexity index is 443. The Balaban J connectivity index is 2.18. The number of benzene rings is 1. The topological polar surface area (TPSA) is 12.5 Å². The molecule has 0 radical (unpaired) electrons. The van der Waals surface area contributed by atoms with Gasteiger partial charge in [0.2, 0.25) is 0 Å². The number of methoxy groups -OCH3 is 1. The molecule has 1 atom stereocenters. The van der Waals surface area contributed by atoms with Gasteiger partial charge >= 0.3 is 0 Å². The van der Waals surface area contributed by atoms with Gasteiger partial charge < -0.3 is 4.74 Å². The van der Waals surface area contributed by atoms with Crippen molar-refractivity contribution >= 4 is 0 Å². The van der Waals surface area contributed by atoms with E-state index in [0.29, 0.717) is 19.4 Å². The van der Waals surface area contributed by atoms with Crippen molar-refractivity contribution in [1.82, 2.24) is 4.90 Å². The number of piperidine rings is 1. The summed E-state index contributed by atoms with van der Waals surface area (Å²) in [7, 11) is 1.33. The van der Waals surface area contributed by atoms with Crippen molar-refractivity contribution in [2.24, 2.45) is 0 Å². The number of ether oxygens (including phenoxy) is 1. The Morgan fingerprint density at radius 1 is 1.30 bits per heavy atom. The molecule has 1 aliphatic heterocycles. The fourth-order valence-electron chi connectivity index (χ4n) is 2.72. The molecular weight excluding hydrogens is 274 g/mol. The normalized spacial score (nSPS) is 20.4. The van der Waals surface area contributed by atoms with E-state index in [1.54, 1.807) is 4.90 Å². The minimum Gasteiger partial charge on any atom is -0.497 e. The molecule has 1 fully saturated rings. The second kappa shape index (κ2) is 6.43. The largest absolute Gasteiger partial charge is 0.497 e. The zero-order valence-corrected chi connectivity index (χ0v) is 11.2. The van der Waals surface area contributed by atoms with E-state index >= 15 is 0 Å². The van der Waals surface area contributed by atoms with Gasteiger partial charge in [-0.2, -0.15) is 0 Å². The van der Waals surface area contributed by atoms with E-state index < -0.39 is 24.0 Å². The SMILES string of the molecule is COc1cc(F)c(C2CCCN(CC(F)F)C2)c(F)c1. The minimum atomic E-state index is -2.43. The third-order valence-electron chi connectivity index (χ3n) is 3.60. The van der Waals surface area contributed by atoms with Crippen LogP contribution >= 0.6 is 0 Å². The summed E-state index contributed by atoms with van der Waals surface area (Å²) in [4.78, 5) is 1.56. The summed E-state index contributed by atoms with van der Waals surface area (Å²) in [5.74, 6) is -1.63. The molecule has 0 spiro atoms. The van der Waals surface area contributed by atoms with Crippen LogP contribution in [0.25, 0.3) is 0 Å². The van der Waals surface area contributed by atoms with E-state index in [1.807, 2.05) is 0 Å². The maximum atomic E-state index is 14.0. The van der Waals surface area contributed by atoms with Gasteiger partial charge in [0, 0.05) is 30.2 Å². The van der Waals surface area contributed by atoms with Crippen LogP contribution in [-0.4, -0.2) is 38.1 Å². The summed E-state index contributed by atoms with van der Waals surface area (Å²) in [5, 5.41) is 0. The van der Waals surface area contributed by atoms with Crippen molar-refractivity contribution in [2.75, 3.05) is 26.7 Å². The lowest BCUT2D eigenvalue weighted by Gasteiger charge is -2.33. The lowest BCUT2D eigenvalue weighted by molar-refractivity contribution is 0.0733. The van der Waals surface area contributed by atoms with Crippen LogP contribution in [0.15, 0.2) is 12.1 Å². The molecule has 0 amide bonds. The summed E-state index contributed by atoms with van der Waals surface area (Å²) in [6.07, 6.45) is -1.18. The standard InChI is InChI=1S/C14H17F4NO/c1-20-10-5-11(15)14(12(16)6-10)9-3-2-4-19(7-9)8-13(17)18/h5-6,9,13H,2-4,7-8H2,1H3. The molecule has 0 aromatic heterocycles. The molecule has 1 heterocycles. The first-order chi connectivity index (χ1) is 9.51. The van der Waals surface area contributed by atoms with Gasteiger partial charge in [0.05, 0.1) is 13.7 Å². The molecule has 1 unspecified atom stereocenters. The van der Waals surface area contributed by atoms with Crippen molar-refractivity contribution in [2.45, 2.75) is 25.2 Å². The molecule has 6 heteroatoms. The number of rotatable bonds is 4. The highest BCUT2D eigenvalue weighted by Crippen LogP contribution is 2.33. The van der Waals surface area contributed by atoms with Crippen molar-refractivity contribution in [3.63, 3.8) is 0 Å². The first kappa shape index (κ1) is 15.1. The predicted octanol–water partition coefficient (Wildman–Crippen LogP) is 3.42. The van der Waals surface area contributed by atoms with Crippen molar-refractivity contribution in [3.05, 3.63) is 29.3 Å². The van der Waals surface area contributed by atoms with Gasteiger partial charge in [0.15, 0.2) is 0 Å². The molecule has 1 saturated heterocycles. The third kappa shape index (κ3) is 3.42. The number of alkyl halides is 2. The zero-order chi connectivity index (χ0) is 14.7. The lowest BCUT2D eigenvalue weighted by Crippen LogP contribution is -2.38. The maximum Gasteiger partial charge on any atom is 0.251 e. The van der Waals surface area contributed by atoms with Gasteiger partial charge in [-0.3, -0.25) is 4.90 Å². The average molecular weight is 291 g/mol. The molecule has 112 valence electrons. The highest BCUT2D eigenvalue weighted by Gasteiger charge is 2.28. The van der Waals surface area contributed by atoms with Crippen LogP contribution in [0.2, 0.25) is 0 Å². The quantitative estimate of drug-likeness (QED) is 0.788. The first-order valence-electron chi connectivity index (χ1n) is 6.54. The van der Waals surface area contributed by atoms with Gasteiger partial charge in [-0.15, -0.1) is 0 Å². The second-order valence-corrected chi connectivity index (χ2v) is 4.99. The summed E-state index contributed by atoms with van der Waals surface area (Å²) >= 11 is 0. The third-order valence-corrected chi connectivity index (χ3v) is 3.60. The van der Waals surface area contributed by atoms with Crippen LogP contribution in [0.3, 0.4) is 0 Å². The fourth-order valence-corrected chi connectivity index (χ4v) is 2.72. The van der Waals surface area contributed by atoms with Crippen molar-refractivity contribution < 1.29 is 22.3 Å². The van der Waals surface area contributed by atoms with Crippen LogP contribution < -0.4 is 4.74 Å². The van der Waals surface area contributed by atoms with E-state index in [9.17, 15) is 17.6 Å². The van der Waals surface area contributed by atoms with E-state index in [1.165, 1.54) is 7.11 Å². The van der Waals surface area contributed by atoms with Crippen molar-refractivity contribution in [1.29, 1.82) is 0 Å². The molecule has 0 N–H and O–H groups in total. The molecule has 1 aliphatic rings. The summed E-state index contributed by atoms with van der Waals surface area (Å²) in [6, 6.07) is 2.26. The zero-order valence-electron chi connectivity index (χ0n) is 11.2. The Hall–Kier alpha value is -1.30. The maximum absolute atomic E-state index is 14.0. The molecule has 0 aliphatic carbocycles. The van der Waals surface area contributed by atoms with Gasteiger partial charge in [-0.25, -0.2) is 17.6 Å². The van der Waals surface area contributed by atoms with E-state index in [0.717, 1.165) is 12.1 Å². The first-order valence-corrected chi connectivity index (χ1v) is 6.54. The highest BCUT2D eigenvalue weighted by molar-refractivity contribution is 5.33. The second-order valence-electron chi connectivity index (χ2n) is 4.99. The van der Waals surface area contributed by atoms with E-state index in [2.05, 4.69) is 0 Å². The number of halogens is 4. The van der Waals surface area contributed by atoms with Gasteiger partial charge in [-0.1, -0.05) is 0 Å². The summed E-state index contributed by atoms with van der Waals surface area (Å²) in [5.41, 5.74) is -0.0234. The van der Waals surface area contributed by atoms with Crippen LogP contribution in [0.4, 0.5) is 17.6 Å². The van der Waals surface area contributed by atoms with Gasteiger partial charge in [-0.05, 0) is 19.4 Å². The van der Waals surface area contributed by atoms with Crippen LogP contribution in [0.1, 0.15) is 24.3 Å². The lowest BCUT2D eigenvalue weighted by atomic mass is 9.89. The molecule has 1 aromatic rings. The average Bonchev–Trinajstić information content (AvgIpc) is 2.37. The molecule has 0 saturated carbocycles. The Morgan fingerprint density at radius 2 is 1.95 bits per heavy atom. The van der Waals surface area contributed by atoms with Crippen molar-refractivity contribution in [3.8, 4) is 5.75 Å². The molecule has 0 bridgehead atoms. The van der Waals surface area contributed by atoms with Crippen LogP contribution in [-0.2, 0) is 0 Å². The Labute approximate surface area is 115 Å². The minimum absolute atomic E-state index is 0.0234. The molecular formula is C14H17F4NO. The molecule has 2 rings (SSSR count). The van der Waals surface area contributed by atoms with E-state index in [-0.39, 0.29) is 24.4 Å². The van der Waals surface area contributed by atoms with Crippen LogP contribution in [0.5, 0.6) is 5.75 Å². The number of hydrogen-bond acceptors (Lipinski definition) is 2. The highest BCUT2D eigenvalue weighted by atomic mass is 19.3. The molecule has 20 heavy (non-hydrogen) atoms. The van der Waals surface area contributed by atoms with E-state index in [4.69, 9.17) is 4.74 Å². The monoisotopic (exact) mass is 291 g/mol. The Kier molecular flexibility index (Phi) is 4.86. The van der Waals surface area contributed by atoms with Gasteiger partial charge in [0.1, 0.15) is 17.4 Å². The van der Waals surface area contributed by atoms with Gasteiger partial charge in [0.25, 0.3) is 6.43 Å². The summed E-state index contributed by atoms with van der Waals surface area (Å²) < 4.78 is 57.6. The smallest absolute Gasteiger partial charge is 0.251 e. The van der Waals surface area contributed by atoms with Crippen LogP contribution in [0, 0.1) is 11.6 Å². The Morgan fingerprint density at radius 3 is 2.50 bits per heavy atom. The number of hydrogen-bond donors (Lipinski definition) is 0. The predicted molar refractivity (Wildman–Crippen MR) is 67.3 cm³/mol. The number of likely N-dealkylation sites (tertiary alicyclic amines) is 1. The summed E-state index contributed by atoms with van der Waals surface area (Å²) in [6.45, 7) is 0.445. The molecule has 1 aromatic carbocycles. The number of nitrogens with zero attached hydrogens (tertiary/aromatic N) is 1.